The fraction of sp³-hybridized carbons (Fsp3) is 0.188. The predicted octanol–water partition coefficient (Wildman–Crippen LogP) is 4.33. The second kappa shape index (κ2) is 5.37. The average molecular weight is 334 g/mol. The number of carbonyl (C=O) groups excluding carboxylic acids is 1. The smallest absolute Gasteiger partial charge is 0.228 e. The second-order valence-electron chi connectivity index (χ2n) is 4.97. The summed E-state index contributed by atoms with van der Waals surface area (Å²) in [5, 5.41) is 2.79. The molecule has 0 aliphatic heterocycles. The Balaban J connectivity index is 1.68. The van der Waals surface area contributed by atoms with E-state index in [4.69, 9.17) is 0 Å². The van der Waals surface area contributed by atoms with E-state index in [1.807, 2.05) is 30.3 Å². The van der Waals surface area contributed by atoms with Crippen LogP contribution in [0.4, 0.5) is 10.1 Å². The molecule has 1 fully saturated rings. The van der Waals surface area contributed by atoms with E-state index in [1.54, 1.807) is 6.07 Å². The van der Waals surface area contributed by atoms with Crippen LogP contribution in [0.1, 0.15) is 17.9 Å². The molecule has 2 unspecified atom stereocenters. The number of anilines is 1. The molecular formula is C16H13BrFNO. The summed E-state index contributed by atoms with van der Waals surface area (Å²) in [6.45, 7) is 0. The Bertz CT molecular complexity index is 644. The number of nitrogens with one attached hydrogen (secondary N) is 1. The van der Waals surface area contributed by atoms with Crippen LogP contribution in [0.15, 0.2) is 53.0 Å². The minimum absolute atomic E-state index is 0.0208. The maximum atomic E-state index is 13.2. The van der Waals surface area contributed by atoms with Crippen molar-refractivity contribution in [2.75, 3.05) is 5.32 Å². The van der Waals surface area contributed by atoms with Crippen LogP contribution in [0.3, 0.4) is 0 Å². The average Bonchev–Trinajstić information content (AvgIpc) is 3.24. The molecule has 1 aliphatic carbocycles. The quantitative estimate of drug-likeness (QED) is 0.889. The van der Waals surface area contributed by atoms with Gasteiger partial charge in [0.15, 0.2) is 0 Å². The summed E-state index contributed by atoms with van der Waals surface area (Å²) >= 11 is 3.31. The van der Waals surface area contributed by atoms with E-state index in [-0.39, 0.29) is 23.6 Å². The Labute approximate surface area is 125 Å². The first-order chi connectivity index (χ1) is 9.65. The van der Waals surface area contributed by atoms with E-state index in [9.17, 15) is 9.18 Å². The molecule has 3 rings (SSSR count). The molecule has 2 nitrogen and oxygen atoms in total. The van der Waals surface area contributed by atoms with E-state index >= 15 is 0 Å². The molecule has 102 valence electrons. The van der Waals surface area contributed by atoms with Gasteiger partial charge in [0.1, 0.15) is 5.82 Å². The topological polar surface area (TPSA) is 29.1 Å². The van der Waals surface area contributed by atoms with Gasteiger partial charge in [-0.3, -0.25) is 4.79 Å². The maximum absolute atomic E-state index is 13.2. The van der Waals surface area contributed by atoms with Gasteiger partial charge >= 0.3 is 0 Å². The van der Waals surface area contributed by atoms with Gasteiger partial charge in [-0.15, -0.1) is 0 Å². The Morgan fingerprint density at radius 2 is 1.95 bits per heavy atom. The van der Waals surface area contributed by atoms with Gasteiger partial charge in [0.2, 0.25) is 5.91 Å². The van der Waals surface area contributed by atoms with Crippen LogP contribution in [0, 0.1) is 11.7 Å². The Morgan fingerprint density at radius 3 is 2.70 bits per heavy atom. The predicted molar refractivity (Wildman–Crippen MR) is 80.0 cm³/mol. The van der Waals surface area contributed by atoms with Gasteiger partial charge in [-0.05, 0) is 52.0 Å². The highest BCUT2D eigenvalue weighted by atomic mass is 79.9. The standard InChI is InChI=1S/C16H13BrFNO/c17-14-7-6-11(18)8-15(14)19-16(20)13-9-12(13)10-4-2-1-3-5-10/h1-8,12-13H,9H2,(H,19,20). The largest absolute Gasteiger partial charge is 0.325 e. The minimum Gasteiger partial charge on any atom is -0.325 e. The van der Waals surface area contributed by atoms with Crippen molar-refractivity contribution < 1.29 is 9.18 Å². The fourth-order valence-electron chi connectivity index (χ4n) is 2.37. The van der Waals surface area contributed by atoms with Crippen molar-refractivity contribution in [1.82, 2.24) is 0 Å². The number of hydrogen-bond acceptors (Lipinski definition) is 1. The van der Waals surface area contributed by atoms with Crippen molar-refractivity contribution in [3.8, 4) is 0 Å². The van der Waals surface area contributed by atoms with Crippen molar-refractivity contribution in [1.29, 1.82) is 0 Å². The lowest BCUT2D eigenvalue weighted by Gasteiger charge is -2.07. The van der Waals surface area contributed by atoms with Crippen LogP contribution in [-0.4, -0.2) is 5.91 Å². The Morgan fingerprint density at radius 1 is 1.20 bits per heavy atom. The highest BCUT2D eigenvalue weighted by Crippen LogP contribution is 2.48. The Hall–Kier alpha value is -1.68. The second-order valence-corrected chi connectivity index (χ2v) is 5.83. The molecule has 1 amide bonds. The van der Waals surface area contributed by atoms with Gasteiger partial charge in [0.25, 0.3) is 0 Å². The zero-order chi connectivity index (χ0) is 14.1. The number of amides is 1. The van der Waals surface area contributed by atoms with E-state index < -0.39 is 0 Å². The molecular weight excluding hydrogens is 321 g/mol. The summed E-state index contributed by atoms with van der Waals surface area (Å²) in [5.74, 6) is -0.153. The monoisotopic (exact) mass is 333 g/mol. The first-order valence-electron chi connectivity index (χ1n) is 6.46. The van der Waals surface area contributed by atoms with E-state index in [0.717, 1.165) is 6.42 Å². The van der Waals surface area contributed by atoms with Gasteiger partial charge in [-0.1, -0.05) is 30.3 Å². The SMILES string of the molecule is O=C(Nc1cc(F)ccc1Br)C1CC1c1ccccc1. The molecule has 2 aromatic rings. The number of halogens is 2. The lowest BCUT2D eigenvalue weighted by Crippen LogP contribution is -2.15. The van der Waals surface area contributed by atoms with Crippen molar-refractivity contribution in [3.05, 3.63) is 64.4 Å². The molecule has 0 bridgehead atoms. The number of carbonyl (C=O) groups is 1. The van der Waals surface area contributed by atoms with Crippen LogP contribution >= 0.6 is 15.9 Å². The maximum Gasteiger partial charge on any atom is 0.228 e. The van der Waals surface area contributed by atoms with Crippen LogP contribution < -0.4 is 5.32 Å². The van der Waals surface area contributed by atoms with Crippen LogP contribution in [0.25, 0.3) is 0 Å². The molecule has 1 N–H and O–H groups in total. The molecule has 0 spiro atoms. The summed E-state index contributed by atoms with van der Waals surface area (Å²) in [7, 11) is 0. The third-order valence-corrected chi connectivity index (χ3v) is 4.23. The van der Waals surface area contributed by atoms with Crippen LogP contribution in [-0.2, 0) is 4.79 Å². The summed E-state index contributed by atoms with van der Waals surface area (Å²) in [5.41, 5.74) is 1.67. The van der Waals surface area contributed by atoms with E-state index in [1.165, 1.54) is 17.7 Å². The summed E-state index contributed by atoms with van der Waals surface area (Å²) in [6.07, 6.45) is 0.850. The zero-order valence-corrected chi connectivity index (χ0v) is 12.2. The van der Waals surface area contributed by atoms with Gasteiger partial charge in [-0.25, -0.2) is 4.39 Å². The van der Waals surface area contributed by atoms with Crippen molar-refractivity contribution >= 4 is 27.5 Å². The first-order valence-corrected chi connectivity index (χ1v) is 7.25. The normalized spacial score (nSPS) is 20.5. The lowest BCUT2D eigenvalue weighted by atomic mass is 10.1. The molecule has 2 atom stereocenters. The van der Waals surface area contributed by atoms with E-state index in [0.29, 0.717) is 10.2 Å². The summed E-state index contributed by atoms with van der Waals surface area (Å²) < 4.78 is 13.9. The molecule has 1 aliphatic rings. The molecule has 0 radical (unpaired) electrons. The van der Waals surface area contributed by atoms with E-state index in [2.05, 4.69) is 21.2 Å². The highest BCUT2D eigenvalue weighted by molar-refractivity contribution is 9.10. The van der Waals surface area contributed by atoms with Crippen LogP contribution in [0.2, 0.25) is 0 Å². The Kier molecular flexibility index (Phi) is 3.57. The summed E-state index contributed by atoms with van der Waals surface area (Å²) in [4.78, 5) is 12.2. The molecule has 20 heavy (non-hydrogen) atoms. The fourth-order valence-corrected chi connectivity index (χ4v) is 2.72. The number of benzene rings is 2. The molecule has 4 heteroatoms. The van der Waals surface area contributed by atoms with Gasteiger partial charge in [-0.2, -0.15) is 0 Å². The van der Waals surface area contributed by atoms with Crippen LogP contribution in [0.5, 0.6) is 0 Å². The summed E-state index contributed by atoms with van der Waals surface area (Å²) in [6, 6.07) is 14.3. The van der Waals surface area contributed by atoms with Crippen molar-refractivity contribution in [3.63, 3.8) is 0 Å². The zero-order valence-electron chi connectivity index (χ0n) is 10.6. The highest BCUT2D eigenvalue weighted by Gasteiger charge is 2.43. The third-order valence-electron chi connectivity index (χ3n) is 3.54. The molecule has 0 saturated heterocycles. The van der Waals surface area contributed by atoms with Gasteiger partial charge in [0.05, 0.1) is 5.69 Å². The molecule has 0 aromatic heterocycles. The molecule has 0 heterocycles. The third kappa shape index (κ3) is 2.75. The first kappa shape index (κ1) is 13.3. The lowest BCUT2D eigenvalue weighted by molar-refractivity contribution is -0.117. The number of hydrogen-bond donors (Lipinski definition) is 1. The minimum atomic E-state index is -0.362. The molecule has 1 saturated carbocycles. The van der Waals surface area contributed by atoms with Gasteiger partial charge in [0, 0.05) is 10.4 Å². The van der Waals surface area contributed by atoms with Crippen molar-refractivity contribution in [2.45, 2.75) is 12.3 Å². The van der Waals surface area contributed by atoms with Gasteiger partial charge < -0.3 is 5.32 Å². The van der Waals surface area contributed by atoms with Crippen molar-refractivity contribution in [2.24, 2.45) is 5.92 Å². The number of rotatable bonds is 3. The molecule has 2 aromatic carbocycles.